The molecule has 1 N–H and O–H groups in total. The summed E-state index contributed by atoms with van der Waals surface area (Å²) in [7, 11) is 1.34. The van der Waals surface area contributed by atoms with Gasteiger partial charge in [0, 0.05) is 11.6 Å². The van der Waals surface area contributed by atoms with E-state index in [1.165, 1.54) is 32.8 Å². The Hall–Kier alpha value is -1.84. The maximum absolute atomic E-state index is 12.4. The van der Waals surface area contributed by atoms with Crippen LogP contribution in [0, 0.1) is 17.8 Å². The molecule has 4 nitrogen and oxygen atoms in total. The third-order valence-electron chi connectivity index (χ3n) is 5.34. The Morgan fingerprint density at radius 3 is 2.64 bits per heavy atom. The molecule has 2 fully saturated rings. The predicted octanol–water partition coefficient (Wildman–Crippen LogP) is 3.03. The van der Waals surface area contributed by atoms with Gasteiger partial charge in [-0.15, -0.1) is 0 Å². The van der Waals surface area contributed by atoms with Crippen LogP contribution in [0.15, 0.2) is 24.3 Å². The van der Waals surface area contributed by atoms with Gasteiger partial charge in [0.15, 0.2) is 0 Å². The first-order chi connectivity index (χ1) is 10.6. The van der Waals surface area contributed by atoms with Gasteiger partial charge < -0.3 is 10.1 Å². The van der Waals surface area contributed by atoms with Gasteiger partial charge in [0.05, 0.1) is 12.7 Å². The lowest BCUT2D eigenvalue weighted by Gasteiger charge is -2.28. The molecule has 2 bridgehead atoms. The average Bonchev–Trinajstić information content (AvgIpc) is 3.17. The van der Waals surface area contributed by atoms with Gasteiger partial charge in [-0.25, -0.2) is 4.79 Å². The minimum atomic E-state index is -0.421. The second-order valence-corrected chi connectivity index (χ2v) is 6.67. The van der Waals surface area contributed by atoms with Crippen LogP contribution in [0.3, 0.4) is 0 Å². The molecule has 1 aromatic rings. The number of rotatable bonds is 4. The first kappa shape index (κ1) is 15.1. The van der Waals surface area contributed by atoms with E-state index in [-0.39, 0.29) is 11.9 Å². The molecular formula is C18H23NO3. The Morgan fingerprint density at radius 1 is 1.23 bits per heavy atom. The van der Waals surface area contributed by atoms with Crippen LogP contribution in [0.2, 0.25) is 0 Å². The molecule has 2 aliphatic rings. The van der Waals surface area contributed by atoms with E-state index in [1.54, 1.807) is 24.3 Å². The number of fused-ring (bicyclic) bond motifs is 2. The first-order valence-corrected chi connectivity index (χ1v) is 8.07. The summed E-state index contributed by atoms with van der Waals surface area (Å²) in [5.74, 6) is 1.72. The number of esters is 1. The largest absolute Gasteiger partial charge is 0.465 e. The van der Waals surface area contributed by atoms with E-state index in [9.17, 15) is 9.59 Å². The van der Waals surface area contributed by atoms with Crippen LogP contribution in [-0.4, -0.2) is 25.0 Å². The zero-order chi connectivity index (χ0) is 15.7. The third kappa shape index (κ3) is 2.87. The van der Waals surface area contributed by atoms with E-state index in [0.717, 1.165) is 11.8 Å². The Morgan fingerprint density at radius 2 is 2.00 bits per heavy atom. The lowest BCUT2D eigenvalue weighted by molar-refractivity contribution is 0.0600. The number of hydrogen-bond acceptors (Lipinski definition) is 3. The highest BCUT2D eigenvalue weighted by molar-refractivity contribution is 5.98. The predicted molar refractivity (Wildman–Crippen MR) is 83.6 cm³/mol. The van der Waals surface area contributed by atoms with Crippen LogP contribution in [0.1, 0.15) is 53.3 Å². The second kappa shape index (κ2) is 6.11. The third-order valence-corrected chi connectivity index (χ3v) is 5.34. The smallest absolute Gasteiger partial charge is 0.337 e. The summed E-state index contributed by atoms with van der Waals surface area (Å²) < 4.78 is 4.70. The summed E-state index contributed by atoms with van der Waals surface area (Å²) >= 11 is 0. The molecule has 2 saturated carbocycles. The quantitative estimate of drug-likeness (QED) is 0.870. The molecule has 2 aliphatic carbocycles. The summed E-state index contributed by atoms with van der Waals surface area (Å²) in [6.07, 6.45) is 5.26. The Bertz CT molecular complexity index is 583. The van der Waals surface area contributed by atoms with Gasteiger partial charge in [-0.3, -0.25) is 4.79 Å². The molecule has 118 valence electrons. The van der Waals surface area contributed by atoms with Crippen LogP contribution in [0.5, 0.6) is 0 Å². The first-order valence-electron chi connectivity index (χ1n) is 8.07. The monoisotopic (exact) mass is 301 g/mol. The number of nitrogens with one attached hydrogen (secondary N) is 1. The molecule has 4 heteroatoms. The molecule has 4 atom stereocenters. The molecule has 0 heterocycles. The topological polar surface area (TPSA) is 55.4 Å². The number of amides is 1. The fourth-order valence-electron chi connectivity index (χ4n) is 4.21. The molecule has 4 unspecified atom stereocenters. The molecule has 3 rings (SSSR count). The fraction of sp³-hybridized carbons (Fsp3) is 0.556. The zero-order valence-corrected chi connectivity index (χ0v) is 13.2. The van der Waals surface area contributed by atoms with Crippen molar-refractivity contribution in [3.05, 3.63) is 35.4 Å². The second-order valence-electron chi connectivity index (χ2n) is 6.67. The fourth-order valence-corrected chi connectivity index (χ4v) is 4.21. The molecule has 0 aliphatic heterocycles. The van der Waals surface area contributed by atoms with E-state index in [0.29, 0.717) is 17.0 Å². The maximum Gasteiger partial charge on any atom is 0.337 e. The number of hydrogen-bond donors (Lipinski definition) is 1. The van der Waals surface area contributed by atoms with Crippen molar-refractivity contribution >= 4 is 11.9 Å². The standard InChI is InChI=1S/C18H23NO3/c1-11(16-9-12-6-7-13(16)8-12)19-17(20)14-4-3-5-15(10-14)18(21)22-2/h3-5,10-13,16H,6-9H2,1-2H3,(H,19,20). The highest BCUT2D eigenvalue weighted by atomic mass is 16.5. The van der Waals surface area contributed by atoms with Crippen molar-refractivity contribution in [1.29, 1.82) is 0 Å². The number of carbonyl (C=O) groups excluding carboxylic acids is 2. The average molecular weight is 301 g/mol. The van der Waals surface area contributed by atoms with Crippen LogP contribution in [0.4, 0.5) is 0 Å². The Labute approximate surface area is 131 Å². The summed E-state index contributed by atoms with van der Waals surface area (Å²) in [5, 5.41) is 3.12. The van der Waals surface area contributed by atoms with Gasteiger partial charge in [-0.1, -0.05) is 12.5 Å². The van der Waals surface area contributed by atoms with Crippen LogP contribution in [-0.2, 0) is 4.74 Å². The van der Waals surface area contributed by atoms with E-state index >= 15 is 0 Å². The van der Waals surface area contributed by atoms with Gasteiger partial charge in [-0.05, 0) is 62.1 Å². The maximum atomic E-state index is 12.4. The van der Waals surface area contributed by atoms with Crippen molar-refractivity contribution in [1.82, 2.24) is 5.32 Å². The molecular weight excluding hydrogens is 278 g/mol. The van der Waals surface area contributed by atoms with Crippen molar-refractivity contribution in [3.63, 3.8) is 0 Å². The lowest BCUT2D eigenvalue weighted by atomic mass is 9.84. The van der Waals surface area contributed by atoms with E-state index < -0.39 is 5.97 Å². The van der Waals surface area contributed by atoms with Gasteiger partial charge in [-0.2, -0.15) is 0 Å². The van der Waals surface area contributed by atoms with E-state index in [2.05, 4.69) is 12.2 Å². The summed E-state index contributed by atoms with van der Waals surface area (Å²) in [5.41, 5.74) is 0.917. The molecule has 0 saturated heterocycles. The van der Waals surface area contributed by atoms with E-state index in [4.69, 9.17) is 4.74 Å². The van der Waals surface area contributed by atoms with Crippen molar-refractivity contribution in [3.8, 4) is 0 Å². The normalized spacial score (nSPS) is 27.5. The molecule has 0 spiro atoms. The zero-order valence-electron chi connectivity index (χ0n) is 13.2. The number of carbonyl (C=O) groups is 2. The number of ether oxygens (including phenoxy) is 1. The minimum Gasteiger partial charge on any atom is -0.465 e. The van der Waals surface area contributed by atoms with E-state index in [1.807, 2.05) is 0 Å². The lowest BCUT2D eigenvalue weighted by Crippen LogP contribution is -2.40. The van der Waals surface area contributed by atoms with Crippen molar-refractivity contribution in [2.24, 2.45) is 17.8 Å². The summed E-state index contributed by atoms with van der Waals surface area (Å²) in [4.78, 5) is 24.0. The van der Waals surface area contributed by atoms with Gasteiger partial charge in [0.2, 0.25) is 0 Å². The van der Waals surface area contributed by atoms with Crippen LogP contribution >= 0.6 is 0 Å². The molecule has 0 aromatic heterocycles. The van der Waals surface area contributed by atoms with Crippen LogP contribution in [0.25, 0.3) is 0 Å². The Kier molecular flexibility index (Phi) is 4.19. The van der Waals surface area contributed by atoms with Crippen molar-refractivity contribution in [2.45, 2.75) is 38.6 Å². The Balaban J connectivity index is 1.65. The summed E-state index contributed by atoms with van der Waals surface area (Å²) in [6.45, 7) is 2.10. The molecule has 0 radical (unpaired) electrons. The highest BCUT2D eigenvalue weighted by Crippen LogP contribution is 2.49. The highest BCUT2D eigenvalue weighted by Gasteiger charge is 2.42. The van der Waals surface area contributed by atoms with Crippen molar-refractivity contribution in [2.75, 3.05) is 7.11 Å². The van der Waals surface area contributed by atoms with Crippen molar-refractivity contribution < 1.29 is 14.3 Å². The molecule has 22 heavy (non-hydrogen) atoms. The van der Waals surface area contributed by atoms with Gasteiger partial charge in [0.25, 0.3) is 5.91 Å². The minimum absolute atomic E-state index is 0.110. The number of benzene rings is 1. The van der Waals surface area contributed by atoms with Crippen LogP contribution < -0.4 is 5.32 Å². The SMILES string of the molecule is COC(=O)c1cccc(C(=O)NC(C)C2CC3CCC2C3)c1. The van der Waals surface area contributed by atoms with Gasteiger partial charge >= 0.3 is 5.97 Å². The number of methoxy groups -OCH3 is 1. The molecule has 1 aromatic carbocycles. The summed E-state index contributed by atoms with van der Waals surface area (Å²) in [6, 6.07) is 6.87. The molecule has 1 amide bonds. The van der Waals surface area contributed by atoms with Gasteiger partial charge in [0.1, 0.15) is 0 Å².